The molecule has 1 fully saturated rings. The molecule has 0 aromatic heterocycles. The molecule has 1 aromatic rings. The number of hydrogen-bond donors (Lipinski definition) is 1. The lowest BCUT2D eigenvalue weighted by Gasteiger charge is -2.24. The van der Waals surface area contributed by atoms with Gasteiger partial charge in [-0.05, 0) is 17.7 Å². The number of morpholine rings is 1. The highest BCUT2D eigenvalue weighted by Gasteiger charge is 2.16. The summed E-state index contributed by atoms with van der Waals surface area (Å²) in [6, 6.07) is 7.71. The number of nitriles is 1. The molecule has 0 aliphatic carbocycles. The van der Waals surface area contributed by atoms with E-state index in [0.717, 1.165) is 18.7 Å². The first kappa shape index (κ1) is 10.9. The molecule has 16 heavy (non-hydrogen) atoms. The monoisotopic (exact) mass is 218 g/mol. The fraction of sp³-hybridized carbons (Fsp3) is 0.417. The summed E-state index contributed by atoms with van der Waals surface area (Å²) in [5, 5.41) is 12.2. The maximum Gasteiger partial charge on any atom is 0.136 e. The zero-order valence-corrected chi connectivity index (χ0v) is 9.19. The first-order valence-corrected chi connectivity index (χ1v) is 5.25. The van der Waals surface area contributed by atoms with Crippen molar-refractivity contribution in [3.63, 3.8) is 0 Å². The van der Waals surface area contributed by atoms with Crippen molar-refractivity contribution in [3.8, 4) is 11.8 Å². The quantitative estimate of drug-likeness (QED) is 0.811. The molecule has 1 aliphatic heterocycles. The van der Waals surface area contributed by atoms with Crippen LogP contribution in [0.15, 0.2) is 18.2 Å². The molecule has 1 N–H and O–H groups in total. The maximum absolute atomic E-state index is 8.99. The van der Waals surface area contributed by atoms with Crippen molar-refractivity contribution in [2.45, 2.75) is 6.10 Å². The second-order valence-electron chi connectivity index (χ2n) is 3.64. The van der Waals surface area contributed by atoms with E-state index in [-0.39, 0.29) is 6.10 Å². The Morgan fingerprint density at radius 3 is 3.06 bits per heavy atom. The van der Waals surface area contributed by atoms with Gasteiger partial charge in [0, 0.05) is 13.1 Å². The van der Waals surface area contributed by atoms with Gasteiger partial charge in [0.15, 0.2) is 0 Å². The number of methoxy groups -OCH3 is 1. The zero-order valence-electron chi connectivity index (χ0n) is 9.19. The van der Waals surface area contributed by atoms with Gasteiger partial charge in [-0.3, -0.25) is 0 Å². The van der Waals surface area contributed by atoms with Crippen LogP contribution in [0.4, 0.5) is 0 Å². The van der Waals surface area contributed by atoms with Gasteiger partial charge in [0.2, 0.25) is 0 Å². The van der Waals surface area contributed by atoms with Gasteiger partial charge in [0.1, 0.15) is 11.8 Å². The van der Waals surface area contributed by atoms with Gasteiger partial charge in [-0.2, -0.15) is 5.26 Å². The van der Waals surface area contributed by atoms with Crippen molar-refractivity contribution in [3.05, 3.63) is 29.3 Å². The zero-order chi connectivity index (χ0) is 11.4. The molecule has 0 radical (unpaired) electrons. The Kier molecular flexibility index (Phi) is 3.40. The highest BCUT2D eigenvalue weighted by molar-refractivity contribution is 5.46. The minimum Gasteiger partial charge on any atom is -0.495 e. The molecule has 0 amide bonds. The SMILES string of the molecule is COc1ccc(C2CNCCO2)cc1C#N. The first-order valence-electron chi connectivity index (χ1n) is 5.25. The van der Waals surface area contributed by atoms with Crippen molar-refractivity contribution in [2.24, 2.45) is 0 Å². The molecular formula is C12H14N2O2. The third-order valence-electron chi connectivity index (χ3n) is 2.64. The molecule has 84 valence electrons. The van der Waals surface area contributed by atoms with Crippen LogP contribution in [0.25, 0.3) is 0 Å². The average molecular weight is 218 g/mol. The van der Waals surface area contributed by atoms with E-state index in [9.17, 15) is 0 Å². The summed E-state index contributed by atoms with van der Waals surface area (Å²) in [6.45, 7) is 2.38. The van der Waals surface area contributed by atoms with E-state index in [0.29, 0.717) is 17.9 Å². The summed E-state index contributed by atoms with van der Waals surface area (Å²) in [5.74, 6) is 0.606. The summed E-state index contributed by atoms with van der Waals surface area (Å²) in [5.41, 5.74) is 1.57. The summed E-state index contributed by atoms with van der Waals surface area (Å²) in [4.78, 5) is 0. The topological polar surface area (TPSA) is 54.3 Å². The number of rotatable bonds is 2. The van der Waals surface area contributed by atoms with Gasteiger partial charge in [-0.15, -0.1) is 0 Å². The van der Waals surface area contributed by atoms with Gasteiger partial charge < -0.3 is 14.8 Å². The van der Waals surface area contributed by atoms with Crippen LogP contribution < -0.4 is 10.1 Å². The standard InChI is InChI=1S/C12H14N2O2/c1-15-11-3-2-9(6-10(11)7-13)12-8-14-4-5-16-12/h2-3,6,12,14H,4-5,8H2,1H3. The lowest BCUT2D eigenvalue weighted by Crippen LogP contribution is -2.33. The van der Waals surface area contributed by atoms with Crippen LogP contribution >= 0.6 is 0 Å². The van der Waals surface area contributed by atoms with Crippen LogP contribution in [0, 0.1) is 11.3 Å². The van der Waals surface area contributed by atoms with Crippen LogP contribution in [-0.2, 0) is 4.74 Å². The Hall–Kier alpha value is -1.57. The van der Waals surface area contributed by atoms with Crippen LogP contribution in [-0.4, -0.2) is 26.8 Å². The van der Waals surface area contributed by atoms with Crippen LogP contribution in [0.3, 0.4) is 0 Å². The van der Waals surface area contributed by atoms with Crippen LogP contribution in [0.1, 0.15) is 17.2 Å². The van der Waals surface area contributed by atoms with E-state index >= 15 is 0 Å². The summed E-state index contributed by atoms with van der Waals surface area (Å²) in [6.07, 6.45) is 0.0340. The molecule has 0 bridgehead atoms. The molecule has 0 saturated carbocycles. The van der Waals surface area contributed by atoms with Gasteiger partial charge in [-0.1, -0.05) is 6.07 Å². The minimum atomic E-state index is 0.0340. The Bertz CT molecular complexity index is 406. The fourth-order valence-electron chi connectivity index (χ4n) is 1.79. The molecule has 1 aliphatic rings. The van der Waals surface area contributed by atoms with E-state index in [1.165, 1.54) is 0 Å². The van der Waals surface area contributed by atoms with Crippen molar-refractivity contribution in [1.82, 2.24) is 5.32 Å². The molecule has 1 atom stereocenters. The molecule has 4 heteroatoms. The molecule has 1 aromatic carbocycles. The third kappa shape index (κ3) is 2.16. The Labute approximate surface area is 94.8 Å². The van der Waals surface area contributed by atoms with Crippen LogP contribution in [0.5, 0.6) is 5.75 Å². The first-order chi connectivity index (χ1) is 7.85. The van der Waals surface area contributed by atoms with Gasteiger partial charge >= 0.3 is 0 Å². The lowest BCUT2D eigenvalue weighted by atomic mass is 10.0. The maximum atomic E-state index is 8.99. The Morgan fingerprint density at radius 1 is 1.56 bits per heavy atom. The second-order valence-corrected chi connectivity index (χ2v) is 3.64. The number of benzene rings is 1. The number of hydrogen-bond acceptors (Lipinski definition) is 4. The Balaban J connectivity index is 2.25. The van der Waals surface area contributed by atoms with Crippen molar-refractivity contribution in [1.29, 1.82) is 5.26 Å². The van der Waals surface area contributed by atoms with Gasteiger partial charge in [0.05, 0.1) is 25.4 Å². The van der Waals surface area contributed by atoms with E-state index in [1.54, 1.807) is 7.11 Å². The fourth-order valence-corrected chi connectivity index (χ4v) is 1.79. The number of nitrogens with one attached hydrogen (secondary N) is 1. The largest absolute Gasteiger partial charge is 0.495 e. The molecule has 1 unspecified atom stereocenters. The van der Waals surface area contributed by atoms with E-state index < -0.39 is 0 Å². The van der Waals surface area contributed by atoms with Crippen molar-refractivity contribution >= 4 is 0 Å². The molecule has 1 heterocycles. The third-order valence-corrected chi connectivity index (χ3v) is 2.64. The lowest BCUT2D eigenvalue weighted by molar-refractivity contribution is 0.0276. The Morgan fingerprint density at radius 2 is 2.44 bits per heavy atom. The van der Waals surface area contributed by atoms with Crippen molar-refractivity contribution in [2.75, 3.05) is 26.8 Å². The molecule has 4 nitrogen and oxygen atoms in total. The van der Waals surface area contributed by atoms with Crippen LogP contribution in [0.2, 0.25) is 0 Å². The summed E-state index contributed by atoms with van der Waals surface area (Å²) in [7, 11) is 1.56. The van der Waals surface area contributed by atoms with E-state index in [4.69, 9.17) is 14.7 Å². The molecule has 0 spiro atoms. The van der Waals surface area contributed by atoms with Crippen molar-refractivity contribution < 1.29 is 9.47 Å². The predicted molar refractivity (Wildman–Crippen MR) is 59.3 cm³/mol. The molecule has 2 rings (SSSR count). The second kappa shape index (κ2) is 4.97. The number of nitrogens with zero attached hydrogens (tertiary/aromatic N) is 1. The summed E-state index contributed by atoms with van der Waals surface area (Å²) >= 11 is 0. The predicted octanol–water partition coefficient (Wildman–Crippen LogP) is 1.23. The molecular weight excluding hydrogens is 204 g/mol. The van der Waals surface area contributed by atoms with Gasteiger partial charge in [0.25, 0.3) is 0 Å². The average Bonchev–Trinajstić information content (AvgIpc) is 2.39. The normalized spacial score (nSPS) is 20.1. The van der Waals surface area contributed by atoms with E-state index in [1.807, 2.05) is 18.2 Å². The summed E-state index contributed by atoms with van der Waals surface area (Å²) < 4.78 is 10.7. The highest BCUT2D eigenvalue weighted by Crippen LogP contribution is 2.25. The minimum absolute atomic E-state index is 0.0340. The number of ether oxygens (including phenoxy) is 2. The molecule has 1 saturated heterocycles. The smallest absolute Gasteiger partial charge is 0.136 e. The van der Waals surface area contributed by atoms with Gasteiger partial charge in [-0.25, -0.2) is 0 Å². The highest BCUT2D eigenvalue weighted by atomic mass is 16.5. The van der Waals surface area contributed by atoms with E-state index in [2.05, 4.69) is 11.4 Å².